The van der Waals surface area contributed by atoms with Gasteiger partial charge in [0.05, 0.1) is 32.8 Å². The highest BCUT2D eigenvalue weighted by Crippen LogP contribution is 2.31. The van der Waals surface area contributed by atoms with Crippen molar-refractivity contribution in [2.45, 2.75) is 75.8 Å². The summed E-state index contributed by atoms with van der Waals surface area (Å²) in [4.78, 5) is 84.0. The van der Waals surface area contributed by atoms with Gasteiger partial charge in [-0.05, 0) is 103 Å². The molecule has 0 aliphatic heterocycles. The molecule has 29 heteroatoms. The Labute approximate surface area is 701 Å². The molecule has 0 radical (unpaired) electrons. The number of halogens is 1. The maximum absolute atomic E-state index is 13.5. The van der Waals surface area contributed by atoms with Crippen molar-refractivity contribution in [2.75, 3.05) is 39.2 Å². The van der Waals surface area contributed by atoms with Crippen molar-refractivity contribution < 1.29 is 73.5 Å². The first-order valence-electron chi connectivity index (χ1n) is 38.2. The first-order valence-corrected chi connectivity index (χ1v) is 38.8. The molecule has 120 heavy (non-hydrogen) atoms. The molecule has 19 N–H and O–H groups in total. The van der Waals surface area contributed by atoms with Crippen molar-refractivity contribution in [3.63, 3.8) is 0 Å². The number of nitrogens with one attached hydrogen (secondary N) is 10. The highest BCUT2D eigenvalue weighted by atomic mass is 32.1. The lowest BCUT2D eigenvalue weighted by molar-refractivity contribution is -0.160. The van der Waals surface area contributed by atoms with Crippen molar-refractivity contribution >= 4 is 53.8 Å². The molecule has 0 fully saturated rings. The van der Waals surface area contributed by atoms with Crippen LogP contribution in [0, 0.1) is 11.2 Å². The molecule has 0 aliphatic carbocycles. The number of benzene rings is 11. The van der Waals surface area contributed by atoms with Gasteiger partial charge in [0.1, 0.15) is 47.6 Å². The fourth-order valence-corrected chi connectivity index (χ4v) is 12.8. The predicted octanol–water partition coefficient (Wildman–Crippen LogP) is 9.95. The van der Waals surface area contributed by atoms with Gasteiger partial charge in [-0.25, -0.2) is 36.9 Å². The topological polar surface area (TPSA) is 419 Å². The lowest BCUT2D eigenvalue weighted by atomic mass is 9.83. The SMILES string of the molecule is COc1cccc(F)c1CN[C@@H](CO)C(=O)NO.C[C@@H](ONC(=O)[C@H](CS)NCc1ccccc1-c1ccccc1)[C@@](N)(Cc1ccccc1-c1ccccc1)C(=O)NO.N=C(CONC(=O)[C@H](CN)NCc1ccccc1-c1ccccc1)C(=O)N(O)Cc1ccccc1-c1ccccc1.O=C(CNCc1ccccc1-c1ccccc1)NO. The summed E-state index contributed by atoms with van der Waals surface area (Å²) in [6.07, 6.45) is -0.983. The first kappa shape index (κ1) is 93.0. The molecular formula is C91H100FN13O14S. The number of hydrogen-bond acceptors (Lipinski definition) is 22. The van der Waals surface area contributed by atoms with E-state index in [4.69, 9.17) is 46.8 Å². The molecule has 0 saturated carbocycles. The van der Waals surface area contributed by atoms with E-state index in [-0.39, 0.29) is 43.9 Å². The normalized spacial score (nSPS) is 12.2. The molecule has 5 atom stereocenters. The third-order valence-electron chi connectivity index (χ3n) is 19.1. The van der Waals surface area contributed by atoms with E-state index in [1.54, 1.807) is 30.0 Å². The zero-order valence-electron chi connectivity index (χ0n) is 66.1. The fraction of sp³-hybridized carbons (Fsp3) is 0.198. The van der Waals surface area contributed by atoms with Gasteiger partial charge < -0.3 is 37.3 Å². The number of thiol groups is 1. The number of ether oxygens (including phenoxy) is 1. The molecule has 0 saturated heterocycles. The molecular weight excluding hydrogens is 1550 g/mol. The van der Waals surface area contributed by atoms with E-state index in [0.717, 1.165) is 77.9 Å². The largest absolute Gasteiger partial charge is 0.496 e. The second kappa shape index (κ2) is 49.6. The van der Waals surface area contributed by atoms with Gasteiger partial charge in [-0.1, -0.05) is 279 Å². The zero-order valence-corrected chi connectivity index (χ0v) is 67.0. The molecule has 0 spiro atoms. The van der Waals surface area contributed by atoms with Gasteiger partial charge in [0, 0.05) is 50.5 Å². The lowest BCUT2D eigenvalue weighted by Gasteiger charge is -2.33. The van der Waals surface area contributed by atoms with Gasteiger partial charge in [-0.15, -0.1) is 0 Å². The Hall–Kier alpha value is -12.5. The maximum atomic E-state index is 13.5. The molecule has 0 bridgehead atoms. The van der Waals surface area contributed by atoms with Crippen LogP contribution in [-0.2, 0) is 77.6 Å². The van der Waals surface area contributed by atoms with Crippen LogP contribution in [0.3, 0.4) is 0 Å². The minimum atomic E-state index is -1.72. The molecule has 0 aliphatic rings. The molecule has 11 aromatic rings. The van der Waals surface area contributed by atoms with Crippen LogP contribution in [0.1, 0.15) is 40.3 Å². The summed E-state index contributed by atoms with van der Waals surface area (Å²) in [6.45, 7) is 1.83. The van der Waals surface area contributed by atoms with Gasteiger partial charge in [0.25, 0.3) is 35.4 Å². The van der Waals surface area contributed by atoms with E-state index in [9.17, 15) is 43.6 Å². The Morgan fingerprint density at radius 3 is 1.32 bits per heavy atom. The van der Waals surface area contributed by atoms with Gasteiger partial charge >= 0.3 is 0 Å². The average molecular weight is 1650 g/mol. The number of hydroxylamine groups is 7. The Balaban J connectivity index is 0.000000213. The summed E-state index contributed by atoms with van der Waals surface area (Å²) in [5, 5.41) is 66.2. The summed E-state index contributed by atoms with van der Waals surface area (Å²) in [5.74, 6) is -3.97. The minimum absolute atomic E-state index is 0.00428. The molecule has 6 amide bonds. The number of hydrogen-bond donors (Lipinski definition) is 18. The van der Waals surface area contributed by atoms with Crippen molar-refractivity contribution in [1.82, 2.24) is 53.7 Å². The van der Waals surface area contributed by atoms with Crippen LogP contribution in [0.2, 0.25) is 0 Å². The van der Waals surface area contributed by atoms with E-state index in [0.29, 0.717) is 36.0 Å². The van der Waals surface area contributed by atoms with Gasteiger partial charge in [-0.3, -0.25) is 70.0 Å². The number of nitrogens with zero attached hydrogens (tertiary/aromatic N) is 1. The highest BCUT2D eigenvalue weighted by molar-refractivity contribution is 7.80. The van der Waals surface area contributed by atoms with Crippen molar-refractivity contribution in [2.24, 2.45) is 11.5 Å². The second-order valence-corrected chi connectivity index (χ2v) is 27.4. The summed E-state index contributed by atoms with van der Waals surface area (Å²) < 4.78 is 18.5. The van der Waals surface area contributed by atoms with Crippen molar-refractivity contribution in [1.29, 1.82) is 5.41 Å². The number of aliphatic hydroxyl groups excluding tert-OH is 1. The van der Waals surface area contributed by atoms with Gasteiger partial charge in [0.15, 0.2) is 0 Å². The number of methoxy groups -OCH3 is 1. The number of nitrogens with two attached hydrogens (primary N) is 2. The Bertz CT molecular complexity index is 5060. The van der Waals surface area contributed by atoms with Crippen LogP contribution in [0.5, 0.6) is 5.75 Å². The van der Waals surface area contributed by atoms with E-state index >= 15 is 0 Å². The quantitative estimate of drug-likeness (QED) is 0.00744. The number of rotatable bonds is 37. The molecule has 27 nitrogen and oxygen atoms in total. The number of amides is 6. The number of carbonyl (C=O) groups excluding carboxylic acids is 6. The van der Waals surface area contributed by atoms with Crippen LogP contribution >= 0.6 is 12.6 Å². The Morgan fingerprint density at radius 2 is 0.892 bits per heavy atom. The Morgan fingerprint density at radius 1 is 0.492 bits per heavy atom. The van der Waals surface area contributed by atoms with Gasteiger partial charge in [0.2, 0.25) is 0 Å². The molecule has 11 rings (SSSR count). The predicted molar refractivity (Wildman–Crippen MR) is 459 cm³/mol. The minimum Gasteiger partial charge on any atom is -0.496 e. The van der Waals surface area contributed by atoms with Crippen LogP contribution in [0.25, 0.3) is 55.6 Å². The molecule has 11 aromatic carbocycles. The Kier molecular flexibility index (Phi) is 38.5. The monoisotopic (exact) mass is 1650 g/mol. The first-order chi connectivity index (χ1) is 58.3. The van der Waals surface area contributed by atoms with Gasteiger partial charge in [-0.2, -0.15) is 12.6 Å². The highest BCUT2D eigenvalue weighted by Gasteiger charge is 2.42. The second-order valence-electron chi connectivity index (χ2n) is 27.0. The maximum Gasteiger partial charge on any atom is 0.293 e. The summed E-state index contributed by atoms with van der Waals surface area (Å²) in [7, 11) is 1.40. The van der Waals surface area contributed by atoms with E-state index < -0.39 is 90.0 Å². The van der Waals surface area contributed by atoms with E-state index in [2.05, 4.69) is 63.1 Å². The van der Waals surface area contributed by atoms with Crippen molar-refractivity contribution in [3.05, 3.63) is 330 Å². The van der Waals surface area contributed by atoms with Crippen LogP contribution < -0.4 is 64.9 Å². The average Bonchev–Trinajstić information content (AvgIpc) is 0.791. The molecule has 0 aromatic heterocycles. The van der Waals surface area contributed by atoms with Crippen LogP contribution in [-0.4, -0.2) is 141 Å². The molecule has 626 valence electrons. The fourth-order valence-electron chi connectivity index (χ4n) is 12.5. The van der Waals surface area contributed by atoms with Crippen molar-refractivity contribution in [3.8, 4) is 61.4 Å². The van der Waals surface area contributed by atoms with Crippen LogP contribution in [0.15, 0.2) is 291 Å². The number of aliphatic hydroxyl groups is 1. The standard InChI is InChI=1S/C33H36N4O4S.C32H33N5O4.C15H16N2O2.C11H15FN2O4/c1-23(33(34,32(39)36-40)20-26-16-8-10-18-28(26)24-12-4-2-5-13-24)41-37-31(38)30(22-42)35-21-27-17-9-11-19-29(27)25-14-6-3-7-15-25;33-19-30(35-20-25-15-7-9-17-27(25)23-11-3-1-4-12-23)31(38)36-41-22-29(34)32(39)37(40)21-26-16-8-10-18-28(26)24-13-5-2-6-14-24;18-15(17-19)11-16-10-13-8-4-5-9-14(13)12-6-2-1-3-7-12;1-18-10-4-2-3-8(12)7(10)5-13-9(6-15)11(16)14-17/h2-19,23,30,35,40,42H,20-22,34H2,1H3,(H,36,39)(H,37,38);1-18,30,34-35,40H,19-22,33H2,(H,36,38);1-9,16,19H,10-11H2,(H,17,18);2-4,9,13,15,17H,5-6H2,1H3,(H,14,16)/t23-,30+,33+;30-;;9-/m10.0/s1. The van der Waals surface area contributed by atoms with Crippen LogP contribution in [0.4, 0.5) is 4.39 Å². The summed E-state index contributed by atoms with van der Waals surface area (Å²) >= 11 is 4.36. The smallest absolute Gasteiger partial charge is 0.293 e. The zero-order chi connectivity index (χ0) is 86.0. The molecule has 0 unspecified atom stereocenters. The van der Waals surface area contributed by atoms with E-state index in [1.807, 2.05) is 249 Å². The lowest BCUT2D eigenvalue weighted by Crippen LogP contribution is -2.63. The summed E-state index contributed by atoms with van der Waals surface area (Å²) in [5.41, 5.74) is 34.6. The number of carbonyl (C=O) groups is 6. The summed E-state index contributed by atoms with van der Waals surface area (Å²) in [6, 6.07) is 90.0. The van der Waals surface area contributed by atoms with E-state index in [1.165, 1.54) is 24.7 Å². The third kappa shape index (κ3) is 27.8. The molecule has 0 heterocycles. The third-order valence-corrected chi connectivity index (χ3v) is 19.4.